The molecule has 0 spiro atoms. The number of hydrogen-bond acceptors (Lipinski definition) is 6. The summed E-state index contributed by atoms with van der Waals surface area (Å²) in [5, 5.41) is 0. The highest BCUT2D eigenvalue weighted by molar-refractivity contribution is 5.69. The Morgan fingerprint density at radius 3 is 1.06 bits per heavy atom. The van der Waals surface area contributed by atoms with Crippen molar-refractivity contribution in [2.75, 3.05) is 53.5 Å². The lowest BCUT2D eigenvalue weighted by Gasteiger charge is -2.24. The van der Waals surface area contributed by atoms with Crippen molar-refractivity contribution in [2.45, 2.75) is 200 Å². The summed E-state index contributed by atoms with van der Waals surface area (Å²) in [6.45, 7) is 10.4. The van der Waals surface area contributed by atoms with Crippen molar-refractivity contribution in [3.63, 3.8) is 0 Å². The second-order valence-electron chi connectivity index (χ2n) is 14.4. The van der Waals surface area contributed by atoms with Crippen molar-refractivity contribution in [3.05, 3.63) is 0 Å². The van der Waals surface area contributed by atoms with E-state index >= 15 is 0 Å². The molecule has 280 valence electrons. The number of ether oxygens (including phenoxy) is 2. The van der Waals surface area contributed by atoms with Crippen LogP contribution in [0.25, 0.3) is 0 Å². The first-order chi connectivity index (χ1) is 23.0. The summed E-state index contributed by atoms with van der Waals surface area (Å²) in [4.78, 5) is 28.8. The molecule has 0 aliphatic carbocycles. The molecule has 0 radical (unpaired) electrons. The number of likely N-dealkylation sites (N-methyl/N-ethyl adjacent to an activating group) is 1. The maximum absolute atomic E-state index is 11.9. The van der Waals surface area contributed by atoms with Crippen LogP contribution in [-0.2, 0) is 19.1 Å². The Bertz CT molecular complexity index is 657. The Balaban J connectivity index is 3.67. The maximum atomic E-state index is 11.9. The van der Waals surface area contributed by atoms with Gasteiger partial charge >= 0.3 is 11.9 Å². The van der Waals surface area contributed by atoms with Crippen LogP contribution in [0.5, 0.6) is 0 Å². The van der Waals surface area contributed by atoms with Crippen LogP contribution >= 0.6 is 0 Å². The number of hydrogen-bond donors (Lipinski definition) is 0. The quantitative estimate of drug-likeness (QED) is 0.0483. The highest BCUT2D eigenvalue weighted by Crippen LogP contribution is 2.13. The highest BCUT2D eigenvalue weighted by atomic mass is 16.5. The number of carbonyl (C=O) groups is 2. The predicted molar refractivity (Wildman–Crippen MR) is 202 cm³/mol. The van der Waals surface area contributed by atoms with E-state index in [2.05, 4.69) is 37.7 Å². The Hall–Kier alpha value is -1.14. The van der Waals surface area contributed by atoms with Crippen LogP contribution in [0.4, 0.5) is 0 Å². The predicted octanol–water partition coefficient (Wildman–Crippen LogP) is 11.3. The number of nitrogens with zero attached hydrogens (tertiary/aromatic N) is 2. The van der Waals surface area contributed by atoms with Gasteiger partial charge in [0.1, 0.15) is 0 Å². The lowest BCUT2D eigenvalue weighted by atomic mass is 10.1. The van der Waals surface area contributed by atoms with Crippen molar-refractivity contribution in [1.29, 1.82) is 0 Å². The summed E-state index contributed by atoms with van der Waals surface area (Å²) in [6.07, 6.45) is 34.4. The molecule has 6 nitrogen and oxygen atoms in total. The summed E-state index contributed by atoms with van der Waals surface area (Å²) in [5.74, 6) is 0.00249. The molecule has 0 fully saturated rings. The van der Waals surface area contributed by atoms with Crippen LogP contribution in [0.3, 0.4) is 0 Å². The molecule has 47 heavy (non-hydrogen) atoms. The van der Waals surface area contributed by atoms with Crippen LogP contribution in [0, 0.1) is 0 Å². The maximum Gasteiger partial charge on any atom is 0.305 e. The largest absolute Gasteiger partial charge is 0.466 e. The van der Waals surface area contributed by atoms with E-state index in [4.69, 9.17) is 9.47 Å². The standard InChI is InChI=1S/C41H82N2O4/c1-5-7-9-11-24-30-38-46-40(44)32-26-20-16-13-14-18-22-28-34-43(37-36-42(3)4)35-29-23-19-15-17-21-27-33-41(45)47-39-31-25-12-10-8-6-2/h5-39H2,1-4H3. The van der Waals surface area contributed by atoms with Gasteiger partial charge in [0, 0.05) is 25.9 Å². The molecular formula is C41H82N2O4. The van der Waals surface area contributed by atoms with Crippen molar-refractivity contribution < 1.29 is 19.1 Å². The van der Waals surface area contributed by atoms with Gasteiger partial charge in [-0.05, 0) is 65.7 Å². The SMILES string of the molecule is CCCCCCCCOC(=O)CCCCCCCCCCN(CCCCCCCCCC(=O)OCCCCCCCC)CCN(C)C. The molecule has 0 rings (SSSR count). The normalized spacial score (nSPS) is 11.5. The smallest absolute Gasteiger partial charge is 0.305 e. The fraction of sp³-hybridized carbons (Fsp3) is 0.951. The zero-order valence-electron chi connectivity index (χ0n) is 32.3. The van der Waals surface area contributed by atoms with E-state index in [1.807, 2.05) is 0 Å². The summed E-state index contributed by atoms with van der Waals surface area (Å²) in [6, 6.07) is 0. The Labute approximate surface area is 293 Å². The van der Waals surface area contributed by atoms with Crippen LogP contribution in [0.1, 0.15) is 200 Å². The molecule has 0 unspecified atom stereocenters. The van der Waals surface area contributed by atoms with E-state index in [9.17, 15) is 9.59 Å². The monoisotopic (exact) mass is 667 g/mol. The van der Waals surface area contributed by atoms with Crippen molar-refractivity contribution in [3.8, 4) is 0 Å². The highest BCUT2D eigenvalue weighted by Gasteiger charge is 2.07. The minimum Gasteiger partial charge on any atom is -0.466 e. The molecular weight excluding hydrogens is 584 g/mol. The van der Waals surface area contributed by atoms with Gasteiger partial charge in [0.15, 0.2) is 0 Å². The average molecular weight is 667 g/mol. The molecule has 0 N–H and O–H groups in total. The van der Waals surface area contributed by atoms with Gasteiger partial charge in [0.2, 0.25) is 0 Å². The van der Waals surface area contributed by atoms with E-state index in [0.29, 0.717) is 26.1 Å². The van der Waals surface area contributed by atoms with E-state index in [-0.39, 0.29) is 11.9 Å². The molecule has 0 amide bonds. The van der Waals surface area contributed by atoms with Crippen LogP contribution < -0.4 is 0 Å². The average Bonchev–Trinajstić information content (AvgIpc) is 3.05. The minimum atomic E-state index is 0.000780. The molecule has 0 heterocycles. The molecule has 0 aliphatic rings. The summed E-state index contributed by atoms with van der Waals surface area (Å²) >= 11 is 0. The van der Waals surface area contributed by atoms with Gasteiger partial charge in [0.05, 0.1) is 13.2 Å². The van der Waals surface area contributed by atoms with E-state index in [1.54, 1.807) is 0 Å². The first-order valence-electron chi connectivity index (χ1n) is 20.7. The minimum absolute atomic E-state index is 0.000780. The number of carbonyl (C=O) groups excluding carboxylic acids is 2. The number of unbranched alkanes of at least 4 members (excludes halogenated alkanes) is 23. The van der Waals surface area contributed by atoms with Crippen molar-refractivity contribution in [2.24, 2.45) is 0 Å². The van der Waals surface area contributed by atoms with Gasteiger partial charge in [-0.1, -0.05) is 149 Å². The zero-order chi connectivity index (χ0) is 34.5. The lowest BCUT2D eigenvalue weighted by Crippen LogP contribution is -2.33. The van der Waals surface area contributed by atoms with Gasteiger partial charge < -0.3 is 19.3 Å². The molecule has 0 aliphatic heterocycles. The van der Waals surface area contributed by atoms with Gasteiger partial charge in [-0.2, -0.15) is 0 Å². The summed E-state index contributed by atoms with van der Waals surface area (Å²) in [5.41, 5.74) is 0. The van der Waals surface area contributed by atoms with Crippen molar-refractivity contribution in [1.82, 2.24) is 9.80 Å². The fourth-order valence-corrected chi connectivity index (χ4v) is 6.11. The third-order valence-electron chi connectivity index (χ3n) is 9.35. The van der Waals surface area contributed by atoms with Gasteiger partial charge in [-0.3, -0.25) is 9.59 Å². The van der Waals surface area contributed by atoms with E-state index in [1.165, 1.54) is 154 Å². The first-order valence-corrected chi connectivity index (χ1v) is 20.7. The molecule has 0 bridgehead atoms. The van der Waals surface area contributed by atoms with Gasteiger partial charge in [-0.15, -0.1) is 0 Å². The number of esters is 2. The Morgan fingerprint density at radius 2 is 0.702 bits per heavy atom. The molecule has 0 atom stereocenters. The Kier molecular flexibility index (Phi) is 36.8. The summed E-state index contributed by atoms with van der Waals surface area (Å²) < 4.78 is 10.8. The molecule has 0 aromatic heterocycles. The van der Waals surface area contributed by atoms with Gasteiger partial charge in [-0.25, -0.2) is 0 Å². The molecule has 0 saturated heterocycles. The first kappa shape index (κ1) is 45.9. The second-order valence-corrected chi connectivity index (χ2v) is 14.4. The summed E-state index contributed by atoms with van der Waals surface area (Å²) in [7, 11) is 4.35. The zero-order valence-corrected chi connectivity index (χ0v) is 32.3. The van der Waals surface area contributed by atoms with Crippen molar-refractivity contribution >= 4 is 11.9 Å². The van der Waals surface area contributed by atoms with Gasteiger partial charge in [0.25, 0.3) is 0 Å². The third-order valence-corrected chi connectivity index (χ3v) is 9.35. The lowest BCUT2D eigenvalue weighted by molar-refractivity contribution is -0.144. The van der Waals surface area contributed by atoms with Crippen LogP contribution in [-0.4, -0.2) is 75.2 Å². The number of rotatable bonds is 38. The van der Waals surface area contributed by atoms with E-state index in [0.717, 1.165) is 45.1 Å². The van der Waals surface area contributed by atoms with Crippen LogP contribution in [0.15, 0.2) is 0 Å². The van der Waals surface area contributed by atoms with E-state index < -0.39 is 0 Å². The van der Waals surface area contributed by atoms with Crippen LogP contribution in [0.2, 0.25) is 0 Å². The second kappa shape index (κ2) is 37.7. The molecule has 0 aromatic rings. The third kappa shape index (κ3) is 37.5. The molecule has 0 saturated carbocycles. The Morgan fingerprint density at radius 1 is 0.383 bits per heavy atom. The molecule has 0 aromatic carbocycles. The topological polar surface area (TPSA) is 59.1 Å². The molecule has 6 heteroatoms. The fourth-order valence-electron chi connectivity index (χ4n) is 6.11.